The molecule has 1 aromatic rings. The van der Waals surface area contributed by atoms with Gasteiger partial charge in [0.1, 0.15) is 0 Å². The molecule has 6 nitrogen and oxygen atoms in total. The van der Waals surface area contributed by atoms with E-state index in [2.05, 4.69) is 10.6 Å². The summed E-state index contributed by atoms with van der Waals surface area (Å²) in [5.41, 5.74) is 2.17. The quantitative estimate of drug-likeness (QED) is 0.656. The van der Waals surface area contributed by atoms with Crippen molar-refractivity contribution in [2.45, 2.75) is 25.9 Å². The van der Waals surface area contributed by atoms with Gasteiger partial charge in [-0.15, -0.1) is 0 Å². The number of hydrogen-bond acceptors (Lipinski definition) is 4. The maximum absolute atomic E-state index is 11.7. The van der Waals surface area contributed by atoms with Crippen LogP contribution in [0.25, 0.3) is 0 Å². The third-order valence-electron chi connectivity index (χ3n) is 3.83. The van der Waals surface area contributed by atoms with E-state index in [4.69, 9.17) is 4.74 Å². The van der Waals surface area contributed by atoms with Crippen LogP contribution in [0.3, 0.4) is 0 Å². The third-order valence-corrected chi connectivity index (χ3v) is 3.83. The first-order valence-corrected chi connectivity index (χ1v) is 8.01. The number of likely N-dealkylation sites (tertiary alicyclic amines) is 1. The van der Waals surface area contributed by atoms with Gasteiger partial charge < -0.3 is 20.3 Å². The number of rotatable bonds is 9. The largest absolute Gasteiger partial charge is 0.383 e. The van der Waals surface area contributed by atoms with Gasteiger partial charge in [0.2, 0.25) is 11.8 Å². The Balaban J connectivity index is 1.70. The lowest BCUT2D eigenvalue weighted by atomic mass is 10.1. The summed E-state index contributed by atoms with van der Waals surface area (Å²) in [6.07, 6.45) is 1.63. The Morgan fingerprint density at radius 1 is 1.26 bits per heavy atom. The topological polar surface area (TPSA) is 70.7 Å². The predicted octanol–water partition coefficient (Wildman–Crippen LogP) is 0.661. The van der Waals surface area contributed by atoms with E-state index in [0.29, 0.717) is 39.2 Å². The van der Waals surface area contributed by atoms with Gasteiger partial charge in [-0.05, 0) is 17.5 Å². The molecule has 2 N–H and O–H groups in total. The van der Waals surface area contributed by atoms with Gasteiger partial charge >= 0.3 is 0 Å². The van der Waals surface area contributed by atoms with Crippen LogP contribution in [0.15, 0.2) is 24.3 Å². The molecule has 1 fully saturated rings. The first-order chi connectivity index (χ1) is 11.2. The molecule has 0 spiro atoms. The predicted molar refractivity (Wildman–Crippen MR) is 87.7 cm³/mol. The van der Waals surface area contributed by atoms with Crippen molar-refractivity contribution < 1.29 is 14.3 Å². The average molecular weight is 319 g/mol. The van der Waals surface area contributed by atoms with Crippen LogP contribution in [0, 0.1) is 0 Å². The molecule has 1 heterocycles. The molecule has 1 aromatic carbocycles. The van der Waals surface area contributed by atoms with Gasteiger partial charge in [0.05, 0.1) is 13.2 Å². The second-order valence-electron chi connectivity index (χ2n) is 5.68. The van der Waals surface area contributed by atoms with Crippen LogP contribution >= 0.6 is 0 Å². The van der Waals surface area contributed by atoms with E-state index in [1.807, 2.05) is 29.2 Å². The van der Waals surface area contributed by atoms with Gasteiger partial charge in [-0.3, -0.25) is 9.59 Å². The van der Waals surface area contributed by atoms with Crippen molar-refractivity contribution in [3.05, 3.63) is 35.4 Å². The molecule has 1 aliphatic rings. The number of nitrogens with zero attached hydrogens (tertiary/aromatic N) is 1. The van der Waals surface area contributed by atoms with Gasteiger partial charge in [-0.1, -0.05) is 24.3 Å². The van der Waals surface area contributed by atoms with Crippen LogP contribution in [-0.4, -0.2) is 50.1 Å². The zero-order valence-electron chi connectivity index (χ0n) is 13.6. The highest BCUT2D eigenvalue weighted by Crippen LogP contribution is 2.14. The molecule has 1 saturated heterocycles. The minimum absolute atomic E-state index is 0.0344. The van der Waals surface area contributed by atoms with Gasteiger partial charge in [0.15, 0.2) is 0 Å². The van der Waals surface area contributed by atoms with E-state index in [1.165, 1.54) is 0 Å². The molecule has 0 bridgehead atoms. The van der Waals surface area contributed by atoms with E-state index in [9.17, 15) is 9.59 Å². The van der Waals surface area contributed by atoms with Crippen LogP contribution in [0.1, 0.15) is 24.0 Å². The van der Waals surface area contributed by atoms with Crippen LogP contribution in [0.5, 0.6) is 0 Å². The Morgan fingerprint density at radius 3 is 2.65 bits per heavy atom. The van der Waals surface area contributed by atoms with Gasteiger partial charge in [-0.25, -0.2) is 0 Å². The first kappa shape index (κ1) is 17.4. The molecule has 23 heavy (non-hydrogen) atoms. The van der Waals surface area contributed by atoms with Crippen LogP contribution < -0.4 is 10.6 Å². The minimum Gasteiger partial charge on any atom is -0.383 e. The highest BCUT2D eigenvalue weighted by atomic mass is 16.5. The Hall–Kier alpha value is -1.92. The molecule has 0 aromatic heterocycles. The van der Waals surface area contributed by atoms with Gasteiger partial charge in [-0.2, -0.15) is 0 Å². The summed E-state index contributed by atoms with van der Waals surface area (Å²) in [6, 6.07) is 8.02. The molecule has 1 aliphatic heterocycles. The molecule has 2 amide bonds. The van der Waals surface area contributed by atoms with Crippen LogP contribution in [0.4, 0.5) is 0 Å². The van der Waals surface area contributed by atoms with Crippen molar-refractivity contribution in [2.75, 3.05) is 33.4 Å². The summed E-state index contributed by atoms with van der Waals surface area (Å²) in [5, 5.41) is 5.87. The lowest BCUT2D eigenvalue weighted by Gasteiger charge is -2.15. The normalized spacial score (nSPS) is 14.3. The summed E-state index contributed by atoms with van der Waals surface area (Å²) < 4.78 is 4.90. The molecular formula is C17H25N3O3. The van der Waals surface area contributed by atoms with Crippen molar-refractivity contribution in [1.82, 2.24) is 15.5 Å². The molecule has 0 atom stereocenters. The number of methoxy groups -OCH3 is 1. The summed E-state index contributed by atoms with van der Waals surface area (Å²) in [7, 11) is 1.63. The zero-order chi connectivity index (χ0) is 16.5. The van der Waals surface area contributed by atoms with Crippen molar-refractivity contribution in [3.63, 3.8) is 0 Å². The van der Waals surface area contributed by atoms with E-state index < -0.39 is 0 Å². The number of carbonyl (C=O) groups excluding carboxylic acids is 2. The van der Waals surface area contributed by atoms with E-state index in [1.54, 1.807) is 7.11 Å². The smallest absolute Gasteiger partial charge is 0.234 e. The Kier molecular flexibility index (Phi) is 7.03. The number of amides is 2. The number of benzene rings is 1. The van der Waals surface area contributed by atoms with E-state index >= 15 is 0 Å². The highest BCUT2D eigenvalue weighted by molar-refractivity contribution is 5.78. The summed E-state index contributed by atoms with van der Waals surface area (Å²) >= 11 is 0. The Morgan fingerprint density at radius 2 is 2.00 bits per heavy atom. The van der Waals surface area contributed by atoms with E-state index in [0.717, 1.165) is 24.1 Å². The molecular weight excluding hydrogens is 294 g/mol. The number of ether oxygens (including phenoxy) is 1. The fraction of sp³-hybridized carbons (Fsp3) is 0.529. The molecule has 6 heteroatoms. The molecule has 0 radical (unpaired) electrons. The highest BCUT2D eigenvalue weighted by Gasteiger charge is 2.19. The summed E-state index contributed by atoms with van der Waals surface area (Å²) in [6.45, 7) is 3.58. The lowest BCUT2D eigenvalue weighted by molar-refractivity contribution is -0.128. The maximum Gasteiger partial charge on any atom is 0.234 e. The van der Waals surface area contributed by atoms with Crippen LogP contribution in [0.2, 0.25) is 0 Å². The molecule has 0 aliphatic carbocycles. The second-order valence-corrected chi connectivity index (χ2v) is 5.68. The Bertz CT molecular complexity index is 516. The van der Waals surface area contributed by atoms with Crippen molar-refractivity contribution >= 4 is 11.8 Å². The number of nitrogens with one attached hydrogen (secondary N) is 2. The maximum atomic E-state index is 11.7. The van der Waals surface area contributed by atoms with Gasteiger partial charge in [0, 0.05) is 39.7 Å². The van der Waals surface area contributed by atoms with Crippen molar-refractivity contribution in [2.24, 2.45) is 0 Å². The summed E-state index contributed by atoms with van der Waals surface area (Å²) in [5.74, 6) is 0.204. The average Bonchev–Trinajstić information content (AvgIpc) is 2.96. The second kappa shape index (κ2) is 9.27. The monoisotopic (exact) mass is 319 g/mol. The standard InChI is InChI=1S/C17H25N3O3/c1-23-10-8-18-12-16(21)19-11-14-4-6-15(7-5-14)13-20-9-2-3-17(20)22/h4-7,18H,2-3,8-13H2,1H3,(H,19,21). The third kappa shape index (κ3) is 6.00. The molecule has 0 saturated carbocycles. The fourth-order valence-corrected chi connectivity index (χ4v) is 2.49. The number of carbonyl (C=O) groups is 2. The Labute approximate surface area is 137 Å². The summed E-state index contributed by atoms with van der Waals surface area (Å²) in [4.78, 5) is 25.2. The molecule has 126 valence electrons. The molecule has 2 rings (SSSR count). The van der Waals surface area contributed by atoms with E-state index in [-0.39, 0.29) is 11.8 Å². The SMILES string of the molecule is COCCNCC(=O)NCc1ccc(CN2CCCC2=O)cc1. The van der Waals surface area contributed by atoms with Crippen LogP contribution in [-0.2, 0) is 27.4 Å². The molecule has 0 unspecified atom stereocenters. The fourth-order valence-electron chi connectivity index (χ4n) is 2.49. The minimum atomic E-state index is -0.0344. The lowest BCUT2D eigenvalue weighted by Crippen LogP contribution is -2.34. The number of hydrogen-bond donors (Lipinski definition) is 2. The zero-order valence-corrected chi connectivity index (χ0v) is 13.6. The van der Waals surface area contributed by atoms with Gasteiger partial charge in [0.25, 0.3) is 0 Å². The van der Waals surface area contributed by atoms with Crippen molar-refractivity contribution in [1.29, 1.82) is 0 Å². The first-order valence-electron chi connectivity index (χ1n) is 8.01. The van der Waals surface area contributed by atoms with Crippen molar-refractivity contribution in [3.8, 4) is 0 Å².